The molecule has 0 bridgehead atoms. The van der Waals surface area contributed by atoms with E-state index >= 15 is 0 Å². The molecule has 1 N–H and O–H groups in total. The number of rotatable bonds is 5. The summed E-state index contributed by atoms with van der Waals surface area (Å²) in [5.74, 6) is 0.626. The third-order valence-corrected chi connectivity index (χ3v) is 3.24. The van der Waals surface area contributed by atoms with Crippen LogP contribution in [0, 0.1) is 0 Å². The predicted molar refractivity (Wildman–Crippen MR) is 67.1 cm³/mol. The highest BCUT2D eigenvalue weighted by Gasteiger charge is 2.29. The van der Waals surface area contributed by atoms with Crippen molar-refractivity contribution >= 4 is 5.97 Å². The Morgan fingerprint density at radius 2 is 2.05 bits per heavy atom. The Morgan fingerprint density at radius 3 is 2.68 bits per heavy atom. The number of carbonyl (C=O) groups is 1. The molecule has 0 aliphatic heterocycles. The summed E-state index contributed by atoms with van der Waals surface area (Å²) in [6.07, 6.45) is 2.99. The van der Waals surface area contributed by atoms with E-state index in [0.29, 0.717) is 12.3 Å². The van der Waals surface area contributed by atoms with Crippen molar-refractivity contribution in [3.05, 3.63) is 35.7 Å². The molecule has 19 heavy (non-hydrogen) atoms. The van der Waals surface area contributed by atoms with Gasteiger partial charge in [0.1, 0.15) is 0 Å². The van der Waals surface area contributed by atoms with Gasteiger partial charge in [-0.2, -0.15) is 4.68 Å². The van der Waals surface area contributed by atoms with Gasteiger partial charge in [0.05, 0.1) is 5.69 Å². The van der Waals surface area contributed by atoms with Gasteiger partial charge in [-0.05, 0) is 47.4 Å². The summed E-state index contributed by atoms with van der Waals surface area (Å²) < 4.78 is 1.76. The van der Waals surface area contributed by atoms with E-state index < -0.39 is 5.97 Å². The Balaban J connectivity index is 1.78. The second kappa shape index (κ2) is 4.79. The Hall–Kier alpha value is -2.24. The number of aryl methyl sites for hydroxylation is 1. The lowest BCUT2D eigenvalue weighted by molar-refractivity contribution is -0.136. The van der Waals surface area contributed by atoms with Gasteiger partial charge in [-0.1, -0.05) is 12.1 Å². The number of aromatic nitrogens is 4. The van der Waals surface area contributed by atoms with Crippen molar-refractivity contribution in [3.63, 3.8) is 0 Å². The molecule has 1 saturated carbocycles. The lowest BCUT2D eigenvalue weighted by atomic mass is 10.1. The van der Waals surface area contributed by atoms with Crippen LogP contribution in [0.1, 0.15) is 36.6 Å². The van der Waals surface area contributed by atoms with E-state index in [4.69, 9.17) is 5.11 Å². The van der Waals surface area contributed by atoms with Crippen LogP contribution < -0.4 is 0 Å². The molecule has 1 fully saturated rings. The van der Waals surface area contributed by atoms with Crippen molar-refractivity contribution < 1.29 is 9.90 Å². The molecule has 0 radical (unpaired) electrons. The van der Waals surface area contributed by atoms with Gasteiger partial charge in [-0.15, -0.1) is 5.10 Å². The van der Waals surface area contributed by atoms with E-state index in [1.165, 1.54) is 0 Å². The molecule has 0 saturated heterocycles. The zero-order chi connectivity index (χ0) is 13.2. The van der Waals surface area contributed by atoms with Crippen LogP contribution >= 0.6 is 0 Å². The number of aliphatic carboxylic acids is 1. The largest absolute Gasteiger partial charge is 0.481 e. The van der Waals surface area contributed by atoms with E-state index in [9.17, 15) is 4.79 Å². The van der Waals surface area contributed by atoms with E-state index in [1.807, 2.05) is 24.3 Å². The maximum Gasteiger partial charge on any atom is 0.303 e. The molecule has 1 aromatic heterocycles. The van der Waals surface area contributed by atoms with Gasteiger partial charge in [-0.25, -0.2) is 0 Å². The van der Waals surface area contributed by atoms with Gasteiger partial charge in [-0.3, -0.25) is 4.79 Å². The highest BCUT2D eigenvalue weighted by molar-refractivity contribution is 5.67. The minimum Gasteiger partial charge on any atom is -0.481 e. The topological polar surface area (TPSA) is 80.9 Å². The normalized spacial score (nSPS) is 14.5. The first kappa shape index (κ1) is 11.8. The van der Waals surface area contributed by atoms with E-state index in [-0.39, 0.29) is 6.42 Å². The predicted octanol–water partition coefficient (Wildman–Crippen LogP) is 1.56. The highest BCUT2D eigenvalue weighted by atomic mass is 16.4. The van der Waals surface area contributed by atoms with Crippen LogP contribution in [-0.4, -0.2) is 31.3 Å². The summed E-state index contributed by atoms with van der Waals surface area (Å²) >= 11 is 0. The molecule has 3 rings (SSSR count). The molecule has 0 unspecified atom stereocenters. The second-order valence-electron chi connectivity index (χ2n) is 4.78. The number of tetrazole rings is 1. The Bertz CT molecular complexity index is 587. The van der Waals surface area contributed by atoms with Gasteiger partial charge in [0.25, 0.3) is 0 Å². The molecule has 6 nitrogen and oxygen atoms in total. The minimum atomic E-state index is -0.777. The van der Waals surface area contributed by atoms with E-state index in [2.05, 4.69) is 15.5 Å². The minimum absolute atomic E-state index is 0.150. The van der Waals surface area contributed by atoms with Crippen LogP contribution in [0.2, 0.25) is 0 Å². The second-order valence-corrected chi connectivity index (χ2v) is 4.78. The standard InChI is InChI=1S/C13H14N4O2/c18-12(19)8-3-9-1-6-11(7-2-9)17-13(10-4-5-10)14-15-16-17/h1-2,6-7,10H,3-5,8H2,(H,18,19). The summed E-state index contributed by atoms with van der Waals surface area (Å²) in [6.45, 7) is 0. The fourth-order valence-electron chi connectivity index (χ4n) is 2.03. The fourth-order valence-corrected chi connectivity index (χ4v) is 2.03. The third kappa shape index (κ3) is 2.62. The average molecular weight is 258 g/mol. The van der Waals surface area contributed by atoms with Crippen molar-refractivity contribution in [2.45, 2.75) is 31.6 Å². The van der Waals surface area contributed by atoms with E-state index in [0.717, 1.165) is 29.9 Å². The lowest BCUT2D eigenvalue weighted by Crippen LogP contribution is -2.02. The molecule has 1 aliphatic carbocycles. The molecule has 6 heteroatoms. The van der Waals surface area contributed by atoms with Crippen molar-refractivity contribution in [2.24, 2.45) is 0 Å². The molecule has 0 atom stereocenters. The maximum absolute atomic E-state index is 10.5. The molecule has 98 valence electrons. The van der Waals surface area contributed by atoms with Gasteiger partial charge >= 0.3 is 5.97 Å². The molecule has 0 spiro atoms. The molecule has 2 aromatic rings. The van der Waals surface area contributed by atoms with Gasteiger partial charge in [0, 0.05) is 12.3 Å². The first-order valence-electron chi connectivity index (χ1n) is 6.33. The number of carboxylic acid groups (broad SMARTS) is 1. The molecule has 0 amide bonds. The van der Waals surface area contributed by atoms with Crippen LogP contribution in [-0.2, 0) is 11.2 Å². The van der Waals surface area contributed by atoms with E-state index in [1.54, 1.807) is 4.68 Å². The van der Waals surface area contributed by atoms with Crippen LogP contribution in [0.5, 0.6) is 0 Å². The zero-order valence-electron chi connectivity index (χ0n) is 10.4. The Morgan fingerprint density at radius 1 is 1.32 bits per heavy atom. The summed E-state index contributed by atoms with van der Waals surface area (Å²) in [5.41, 5.74) is 1.93. The number of hydrogen-bond donors (Lipinski definition) is 1. The van der Waals surface area contributed by atoms with Gasteiger partial charge < -0.3 is 5.11 Å². The average Bonchev–Trinajstić information content (AvgIpc) is 3.15. The Labute approximate surface area is 110 Å². The van der Waals surface area contributed by atoms with Crippen molar-refractivity contribution in [1.82, 2.24) is 20.2 Å². The Kier molecular flexibility index (Phi) is 2.98. The third-order valence-electron chi connectivity index (χ3n) is 3.24. The fraction of sp³-hybridized carbons (Fsp3) is 0.385. The smallest absolute Gasteiger partial charge is 0.303 e. The molecule has 1 aliphatic rings. The zero-order valence-corrected chi connectivity index (χ0v) is 10.4. The van der Waals surface area contributed by atoms with Crippen molar-refractivity contribution in [2.75, 3.05) is 0 Å². The first-order chi connectivity index (χ1) is 9.24. The van der Waals surface area contributed by atoms with Crippen LogP contribution in [0.25, 0.3) is 5.69 Å². The summed E-state index contributed by atoms with van der Waals surface area (Å²) in [4.78, 5) is 10.5. The van der Waals surface area contributed by atoms with Crippen molar-refractivity contribution in [1.29, 1.82) is 0 Å². The monoisotopic (exact) mass is 258 g/mol. The molecule has 1 heterocycles. The van der Waals surface area contributed by atoms with Crippen LogP contribution in [0.4, 0.5) is 0 Å². The summed E-state index contributed by atoms with van der Waals surface area (Å²) in [5, 5.41) is 20.5. The van der Waals surface area contributed by atoms with Gasteiger partial charge in [0.2, 0.25) is 0 Å². The van der Waals surface area contributed by atoms with Gasteiger partial charge in [0.15, 0.2) is 5.82 Å². The maximum atomic E-state index is 10.5. The SMILES string of the molecule is O=C(O)CCc1ccc(-n2nnnc2C2CC2)cc1. The number of benzene rings is 1. The van der Waals surface area contributed by atoms with Crippen LogP contribution in [0.3, 0.4) is 0 Å². The molecule has 1 aromatic carbocycles. The summed E-state index contributed by atoms with van der Waals surface area (Å²) in [7, 11) is 0. The van der Waals surface area contributed by atoms with Crippen molar-refractivity contribution in [3.8, 4) is 5.69 Å². The number of carboxylic acids is 1. The number of nitrogens with zero attached hydrogens (tertiary/aromatic N) is 4. The van der Waals surface area contributed by atoms with Crippen LogP contribution in [0.15, 0.2) is 24.3 Å². The molecular weight excluding hydrogens is 244 g/mol. The highest BCUT2D eigenvalue weighted by Crippen LogP contribution is 2.39. The first-order valence-corrected chi connectivity index (χ1v) is 6.33. The molecular formula is C13H14N4O2. The quantitative estimate of drug-likeness (QED) is 0.880. The summed E-state index contributed by atoms with van der Waals surface area (Å²) in [6, 6.07) is 7.71. The lowest BCUT2D eigenvalue weighted by Gasteiger charge is -2.05. The number of hydrogen-bond acceptors (Lipinski definition) is 4.